The SMILES string of the molecule is C=CC(=O)C(=CCC)C(=O)O. The number of aliphatic carboxylic acids is 1. The van der Waals surface area contributed by atoms with Crippen molar-refractivity contribution in [3.63, 3.8) is 0 Å². The van der Waals surface area contributed by atoms with E-state index in [2.05, 4.69) is 6.58 Å². The highest BCUT2D eigenvalue weighted by molar-refractivity contribution is 6.20. The quantitative estimate of drug-likeness (QED) is 0.375. The predicted molar refractivity (Wildman–Crippen MR) is 41.2 cm³/mol. The predicted octanol–water partition coefficient (Wildman–Crippen LogP) is 1.16. The molecule has 0 saturated carbocycles. The van der Waals surface area contributed by atoms with Crippen molar-refractivity contribution in [1.29, 1.82) is 0 Å². The molecule has 0 aromatic heterocycles. The van der Waals surface area contributed by atoms with Crippen molar-refractivity contribution >= 4 is 11.8 Å². The summed E-state index contributed by atoms with van der Waals surface area (Å²) in [5.74, 6) is -1.74. The van der Waals surface area contributed by atoms with Gasteiger partial charge in [0.2, 0.25) is 0 Å². The Balaban J connectivity index is 4.61. The van der Waals surface area contributed by atoms with Gasteiger partial charge in [0.15, 0.2) is 5.78 Å². The molecule has 0 aliphatic heterocycles. The molecule has 0 radical (unpaired) electrons. The van der Waals surface area contributed by atoms with Gasteiger partial charge in [0, 0.05) is 0 Å². The topological polar surface area (TPSA) is 54.4 Å². The minimum absolute atomic E-state index is 0.206. The van der Waals surface area contributed by atoms with Crippen LogP contribution in [0.4, 0.5) is 0 Å². The first-order valence-electron chi connectivity index (χ1n) is 3.23. The van der Waals surface area contributed by atoms with Crippen molar-refractivity contribution in [1.82, 2.24) is 0 Å². The maximum atomic E-state index is 10.8. The molecule has 11 heavy (non-hydrogen) atoms. The molecule has 0 aliphatic rings. The molecule has 0 aromatic rings. The largest absolute Gasteiger partial charge is 0.478 e. The Bertz CT molecular complexity index is 213. The first kappa shape index (κ1) is 9.62. The third-order valence-electron chi connectivity index (χ3n) is 1.09. The molecule has 60 valence electrons. The number of rotatable bonds is 4. The summed E-state index contributed by atoms with van der Waals surface area (Å²) < 4.78 is 0. The zero-order valence-corrected chi connectivity index (χ0v) is 6.33. The lowest BCUT2D eigenvalue weighted by Gasteiger charge is -1.93. The molecule has 0 aliphatic carbocycles. The van der Waals surface area contributed by atoms with E-state index in [-0.39, 0.29) is 5.57 Å². The lowest BCUT2D eigenvalue weighted by atomic mass is 10.1. The number of hydrogen-bond donors (Lipinski definition) is 1. The van der Waals surface area contributed by atoms with E-state index in [1.165, 1.54) is 6.08 Å². The normalized spacial score (nSPS) is 10.8. The molecular weight excluding hydrogens is 144 g/mol. The maximum absolute atomic E-state index is 10.8. The molecule has 0 fully saturated rings. The molecule has 0 heterocycles. The maximum Gasteiger partial charge on any atom is 0.339 e. The average molecular weight is 154 g/mol. The van der Waals surface area contributed by atoms with E-state index in [1.807, 2.05) is 0 Å². The summed E-state index contributed by atoms with van der Waals surface area (Å²) >= 11 is 0. The van der Waals surface area contributed by atoms with Crippen LogP contribution in [0.1, 0.15) is 13.3 Å². The van der Waals surface area contributed by atoms with Gasteiger partial charge in [-0.3, -0.25) is 4.79 Å². The fraction of sp³-hybridized carbons (Fsp3) is 0.250. The third-order valence-corrected chi connectivity index (χ3v) is 1.09. The van der Waals surface area contributed by atoms with Crippen LogP contribution in [0.3, 0.4) is 0 Å². The molecule has 0 saturated heterocycles. The van der Waals surface area contributed by atoms with Crippen LogP contribution in [0.5, 0.6) is 0 Å². The van der Waals surface area contributed by atoms with Gasteiger partial charge in [0.1, 0.15) is 5.57 Å². The van der Waals surface area contributed by atoms with Gasteiger partial charge < -0.3 is 5.11 Å². The minimum atomic E-state index is -1.20. The molecule has 3 nitrogen and oxygen atoms in total. The van der Waals surface area contributed by atoms with E-state index in [1.54, 1.807) is 6.92 Å². The molecule has 0 rings (SSSR count). The third kappa shape index (κ3) is 2.80. The fourth-order valence-electron chi connectivity index (χ4n) is 0.607. The van der Waals surface area contributed by atoms with Gasteiger partial charge in [-0.1, -0.05) is 19.6 Å². The highest BCUT2D eigenvalue weighted by Gasteiger charge is 2.12. The number of carbonyl (C=O) groups excluding carboxylic acids is 1. The highest BCUT2D eigenvalue weighted by Crippen LogP contribution is 1.99. The van der Waals surface area contributed by atoms with Crippen LogP contribution in [0.15, 0.2) is 24.3 Å². The standard InChI is InChI=1S/C8H10O3/c1-3-5-6(8(10)11)7(9)4-2/h4-5H,2-3H2,1H3,(H,10,11). The molecule has 0 amide bonds. The van der Waals surface area contributed by atoms with Crippen LogP contribution in [-0.4, -0.2) is 16.9 Å². The monoisotopic (exact) mass is 154 g/mol. The second-order valence-electron chi connectivity index (χ2n) is 1.90. The summed E-state index contributed by atoms with van der Waals surface area (Å²) in [5.41, 5.74) is -0.206. The van der Waals surface area contributed by atoms with Gasteiger partial charge in [-0.15, -0.1) is 0 Å². The van der Waals surface area contributed by atoms with Crippen LogP contribution in [0.25, 0.3) is 0 Å². The smallest absolute Gasteiger partial charge is 0.339 e. The van der Waals surface area contributed by atoms with E-state index in [4.69, 9.17) is 5.11 Å². The van der Waals surface area contributed by atoms with Crippen LogP contribution in [0, 0.1) is 0 Å². The van der Waals surface area contributed by atoms with Crippen molar-refractivity contribution in [3.05, 3.63) is 24.3 Å². The zero-order chi connectivity index (χ0) is 8.85. The molecule has 0 atom stereocenters. The van der Waals surface area contributed by atoms with Gasteiger partial charge in [0.25, 0.3) is 0 Å². The Morgan fingerprint density at radius 3 is 2.36 bits per heavy atom. The van der Waals surface area contributed by atoms with Crippen molar-refractivity contribution in [3.8, 4) is 0 Å². The summed E-state index contributed by atoms with van der Waals surface area (Å²) in [5, 5.41) is 8.47. The molecule has 0 bridgehead atoms. The van der Waals surface area contributed by atoms with Gasteiger partial charge in [0.05, 0.1) is 0 Å². The van der Waals surface area contributed by atoms with Gasteiger partial charge in [-0.25, -0.2) is 4.79 Å². The van der Waals surface area contributed by atoms with Crippen LogP contribution >= 0.6 is 0 Å². The fourth-order valence-corrected chi connectivity index (χ4v) is 0.607. The molecule has 0 spiro atoms. The second kappa shape index (κ2) is 4.44. The van der Waals surface area contributed by atoms with E-state index < -0.39 is 11.8 Å². The van der Waals surface area contributed by atoms with E-state index in [0.29, 0.717) is 6.42 Å². The number of ketones is 1. The Labute approximate surface area is 65.0 Å². The van der Waals surface area contributed by atoms with Crippen molar-refractivity contribution < 1.29 is 14.7 Å². The summed E-state index contributed by atoms with van der Waals surface area (Å²) in [6.45, 7) is 4.96. The Morgan fingerprint density at radius 2 is 2.09 bits per heavy atom. The first-order valence-corrected chi connectivity index (χ1v) is 3.23. The van der Waals surface area contributed by atoms with Crippen molar-refractivity contribution in [2.45, 2.75) is 13.3 Å². The van der Waals surface area contributed by atoms with Crippen LogP contribution < -0.4 is 0 Å². The molecular formula is C8H10O3. The number of allylic oxidation sites excluding steroid dienone is 2. The molecule has 0 aromatic carbocycles. The van der Waals surface area contributed by atoms with E-state index in [0.717, 1.165) is 6.08 Å². The number of carboxylic acid groups (broad SMARTS) is 1. The molecule has 0 unspecified atom stereocenters. The lowest BCUT2D eigenvalue weighted by molar-refractivity contribution is -0.134. The van der Waals surface area contributed by atoms with Gasteiger partial charge >= 0.3 is 5.97 Å². The second-order valence-corrected chi connectivity index (χ2v) is 1.90. The summed E-state index contributed by atoms with van der Waals surface area (Å²) in [6, 6.07) is 0. The summed E-state index contributed by atoms with van der Waals surface area (Å²) in [4.78, 5) is 21.1. The van der Waals surface area contributed by atoms with Crippen LogP contribution in [-0.2, 0) is 9.59 Å². The van der Waals surface area contributed by atoms with E-state index >= 15 is 0 Å². The Kier molecular flexibility index (Phi) is 3.88. The first-order chi connectivity index (χ1) is 5.13. The van der Waals surface area contributed by atoms with Crippen molar-refractivity contribution in [2.75, 3.05) is 0 Å². The zero-order valence-electron chi connectivity index (χ0n) is 6.33. The van der Waals surface area contributed by atoms with Crippen molar-refractivity contribution in [2.24, 2.45) is 0 Å². The summed E-state index contributed by atoms with van der Waals surface area (Å²) in [7, 11) is 0. The van der Waals surface area contributed by atoms with Crippen LogP contribution in [0.2, 0.25) is 0 Å². The van der Waals surface area contributed by atoms with Gasteiger partial charge in [-0.05, 0) is 12.5 Å². The Morgan fingerprint density at radius 1 is 1.55 bits per heavy atom. The van der Waals surface area contributed by atoms with E-state index in [9.17, 15) is 9.59 Å². The lowest BCUT2D eigenvalue weighted by Crippen LogP contribution is -2.09. The minimum Gasteiger partial charge on any atom is -0.478 e. The number of hydrogen-bond acceptors (Lipinski definition) is 2. The average Bonchev–Trinajstić information content (AvgIpc) is 1.98. The van der Waals surface area contributed by atoms with Gasteiger partial charge in [-0.2, -0.15) is 0 Å². The molecule has 1 N–H and O–H groups in total. The Hall–Kier alpha value is -1.38. The number of carbonyl (C=O) groups is 2. The molecule has 3 heteroatoms. The number of carboxylic acids is 1. The summed E-state index contributed by atoms with van der Waals surface area (Å²) in [6.07, 6.45) is 2.89. The highest BCUT2D eigenvalue weighted by atomic mass is 16.4.